The molecule has 0 radical (unpaired) electrons. The molecule has 9 heteroatoms. The molecular weight excluding hydrogens is 474 g/mol. The highest BCUT2D eigenvalue weighted by Gasteiger charge is 2.30. The monoisotopic (exact) mass is 493 g/mol. The number of hydrogen-bond donors (Lipinski definition) is 0. The van der Waals surface area contributed by atoms with Crippen molar-refractivity contribution in [2.75, 3.05) is 38.2 Å². The second kappa shape index (κ2) is 8.43. The van der Waals surface area contributed by atoms with Crippen LogP contribution in [0.2, 0.25) is 0 Å². The third-order valence-corrected chi connectivity index (χ3v) is 8.65. The van der Waals surface area contributed by atoms with Gasteiger partial charge in [-0.3, -0.25) is 0 Å². The quantitative estimate of drug-likeness (QED) is 0.535. The summed E-state index contributed by atoms with van der Waals surface area (Å²) in [5, 5.41) is 2.94. The first kappa shape index (κ1) is 20.3. The number of piperazine rings is 1. The lowest BCUT2D eigenvalue weighted by molar-refractivity contribution is 0.384. The molecule has 1 saturated heterocycles. The minimum atomic E-state index is -3.51. The van der Waals surface area contributed by atoms with E-state index in [1.54, 1.807) is 41.0 Å². The second-order valence-corrected chi connectivity index (χ2v) is 10.2. The fourth-order valence-corrected chi connectivity index (χ4v) is 6.49. The number of halogens is 1. The Hall–Kier alpha value is -1.94. The zero-order valence-electron chi connectivity index (χ0n) is 15.8. The Labute approximate surface area is 182 Å². The first-order valence-electron chi connectivity index (χ1n) is 9.08. The molecule has 0 spiro atoms. The molecule has 0 saturated carbocycles. The van der Waals surface area contributed by atoms with Crippen molar-refractivity contribution in [2.45, 2.75) is 4.90 Å². The van der Waals surface area contributed by atoms with Crippen molar-refractivity contribution in [1.29, 1.82) is 0 Å². The summed E-state index contributed by atoms with van der Waals surface area (Å²) in [5.74, 6) is 0.812. The summed E-state index contributed by atoms with van der Waals surface area (Å²) in [5.41, 5.74) is 1.94. The molecule has 1 aliphatic heterocycles. The van der Waals surface area contributed by atoms with E-state index in [0.717, 1.165) is 22.1 Å². The summed E-state index contributed by atoms with van der Waals surface area (Å²) in [6.45, 7) is 2.08. The normalized spacial score (nSPS) is 15.4. The van der Waals surface area contributed by atoms with Crippen LogP contribution in [0.4, 0.5) is 5.13 Å². The van der Waals surface area contributed by atoms with Gasteiger partial charge in [-0.25, -0.2) is 13.4 Å². The van der Waals surface area contributed by atoms with Crippen LogP contribution in [0, 0.1) is 0 Å². The van der Waals surface area contributed by atoms with Gasteiger partial charge in [0.1, 0.15) is 5.75 Å². The van der Waals surface area contributed by atoms with Crippen LogP contribution in [-0.4, -0.2) is 51.0 Å². The maximum atomic E-state index is 12.9. The maximum absolute atomic E-state index is 12.9. The first-order chi connectivity index (χ1) is 14.0. The van der Waals surface area contributed by atoms with Crippen molar-refractivity contribution in [3.8, 4) is 17.0 Å². The Balaban J connectivity index is 1.45. The van der Waals surface area contributed by atoms with Crippen molar-refractivity contribution in [3.63, 3.8) is 0 Å². The van der Waals surface area contributed by atoms with Crippen LogP contribution >= 0.6 is 27.3 Å². The van der Waals surface area contributed by atoms with Gasteiger partial charge in [-0.2, -0.15) is 4.31 Å². The minimum absolute atomic E-state index is 0.310. The summed E-state index contributed by atoms with van der Waals surface area (Å²) in [7, 11) is -1.87. The van der Waals surface area contributed by atoms with Gasteiger partial charge in [0.25, 0.3) is 0 Å². The number of nitrogens with zero attached hydrogens (tertiary/aromatic N) is 3. The molecule has 2 aromatic carbocycles. The van der Waals surface area contributed by atoms with Crippen molar-refractivity contribution in [2.24, 2.45) is 0 Å². The molecule has 3 aromatic rings. The Morgan fingerprint density at radius 3 is 2.38 bits per heavy atom. The van der Waals surface area contributed by atoms with Crippen molar-refractivity contribution in [1.82, 2.24) is 9.29 Å². The fourth-order valence-electron chi connectivity index (χ4n) is 3.22. The van der Waals surface area contributed by atoms with Crippen LogP contribution in [0.15, 0.2) is 63.3 Å². The maximum Gasteiger partial charge on any atom is 0.244 e. The van der Waals surface area contributed by atoms with Gasteiger partial charge >= 0.3 is 0 Å². The van der Waals surface area contributed by atoms with Gasteiger partial charge in [0, 0.05) is 41.6 Å². The average Bonchev–Trinajstić information content (AvgIpc) is 3.24. The largest absolute Gasteiger partial charge is 0.497 e. The Bertz CT molecular complexity index is 1090. The van der Waals surface area contributed by atoms with E-state index in [1.807, 2.05) is 35.7 Å². The molecule has 0 N–H and O–H groups in total. The molecule has 2 heterocycles. The van der Waals surface area contributed by atoms with E-state index in [1.165, 1.54) is 0 Å². The number of anilines is 1. The van der Waals surface area contributed by atoms with Crippen molar-refractivity contribution in [3.05, 3.63) is 58.4 Å². The van der Waals surface area contributed by atoms with Crippen molar-refractivity contribution >= 4 is 42.4 Å². The molecule has 0 unspecified atom stereocenters. The number of methoxy groups -OCH3 is 1. The number of thiazole rings is 1. The number of rotatable bonds is 5. The predicted octanol–water partition coefficient (Wildman–Crippen LogP) is 4.09. The number of aromatic nitrogens is 1. The van der Waals surface area contributed by atoms with Crippen molar-refractivity contribution < 1.29 is 13.2 Å². The first-order valence-corrected chi connectivity index (χ1v) is 12.2. The molecule has 0 aliphatic carbocycles. The minimum Gasteiger partial charge on any atom is -0.497 e. The molecule has 0 atom stereocenters. The second-order valence-electron chi connectivity index (χ2n) is 6.57. The molecule has 1 aromatic heterocycles. The van der Waals surface area contributed by atoms with Gasteiger partial charge in [-0.05, 0) is 52.3 Å². The highest BCUT2D eigenvalue weighted by atomic mass is 79.9. The van der Waals surface area contributed by atoms with Gasteiger partial charge < -0.3 is 9.64 Å². The summed E-state index contributed by atoms with van der Waals surface area (Å²) >= 11 is 4.93. The summed E-state index contributed by atoms with van der Waals surface area (Å²) in [6.07, 6.45) is 0. The highest BCUT2D eigenvalue weighted by Crippen LogP contribution is 2.30. The van der Waals surface area contributed by atoms with E-state index >= 15 is 0 Å². The smallest absolute Gasteiger partial charge is 0.244 e. The zero-order chi connectivity index (χ0) is 20.4. The Kier molecular flexibility index (Phi) is 5.91. The van der Waals surface area contributed by atoms with Crippen LogP contribution in [0.25, 0.3) is 11.3 Å². The zero-order valence-corrected chi connectivity index (χ0v) is 19.0. The fraction of sp³-hybridized carbons (Fsp3) is 0.250. The lowest BCUT2D eigenvalue weighted by atomic mass is 10.2. The Morgan fingerprint density at radius 2 is 1.72 bits per heavy atom. The Morgan fingerprint density at radius 1 is 1.03 bits per heavy atom. The van der Waals surface area contributed by atoms with E-state index in [4.69, 9.17) is 9.72 Å². The average molecular weight is 494 g/mol. The lowest BCUT2D eigenvalue weighted by Gasteiger charge is -2.33. The van der Waals surface area contributed by atoms with Gasteiger partial charge in [0.15, 0.2) is 5.13 Å². The van der Waals surface area contributed by atoms with Crippen LogP contribution in [0.5, 0.6) is 5.75 Å². The molecule has 0 bridgehead atoms. The molecular formula is C20H20BrN3O3S2. The standard InChI is InChI=1S/C20H20BrN3O3S2/c1-27-16-8-6-15(7-9-16)18-14-28-20(22-18)23-10-12-24(13-11-23)29(25,26)19-5-3-2-4-17(19)21/h2-9,14H,10-13H2,1H3. The molecule has 0 amide bonds. The third-order valence-electron chi connectivity index (χ3n) is 4.84. The molecule has 29 heavy (non-hydrogen) atoms. The topological polar surface area (TPSA) is 62.7 Å². The summed E-state index contributed by atoms with van der Waals surface area (Å²) in [6, 6.07) is 14.7. The van der Waals surface area contributed by atoms with Gasteiger partial charge in [0.2, 0.25) is 10.0 Å². The van der Waals surface area contributed by atoms with E-state index < -0.39 is 10.0 Å². The predicted molar refractivity (Wildman–Crippen MR) is 119 cm³/mol. The van der Waals surface area contributed by atoms with Crippen LogP contribution in [0.3, 0.4) is 0 Å². The third kappa shape index (κ3) is 4.18. The SMILES string of the molecule is COc1ccc(-c2csc(N3CCN(S(=O)(=O)c4ccccc4Br)CC3)n2)cc1. The van der Waals surface area contributed by atoms with E-state index in [9.17, 15) is 8.42 Å². The number of sulfonamides is 1. The van der Waals surface area contributed by atoms with Crippen LogP contribution < -0.4 is 9.64 Å². The van der Waals surface area contributed by atoms with Crippen LogP contribution in [-0.2, 0) is 10.0 Å². The molecule has 1 fully saturated rings. The van der Waals surface area contributed by atoms with E-state index in [0.29, 0.717) is 35.5 Å². The molecule has 6 nitrogen and oxygen atoms in total. The summed E-state index contributed by atoms with van der Waals surface area (Å²) < 4.78 is 33.2. The number of ether oxygens (including phenoxy) is 1. The highest BCUT2D eigenvalue weighted by molar-refractivity contribution is 9.10. The van der Waals surface area contributed by atoms with Gasteiger partial charge in [-0.1, -0.05) is 12.1 Å². The van der Waals surface area contributed by atoms with E-state index in [-0.39, 0.29) is 0 Å². The van der Waals surface area contributed by atoms with Crippen LogP contribution in [0.1, 0.15) is 0 Å². The number of hydrogen-bond acceptors (Lipinski definition) is 6. The molecule has 4 rings (SSSR count). The van der Waals surface area contributed by atoms with Gasteiger partial charge in [-0.15, -0.1) is 11.3 Å². The van der Waals surface area contributed by atoms with E-state index in [2.05, 4.69) is 20.8 Å². The lowest BCUT2D eigenvalue weighted by Crippen LogP contribution is -2.48. The molecule has 1 aliphatic rings. The molecule has 152 valence electrons. The van der Waals surface area contributed by atoms with Gasteiger partial charge in [0.05, 0.1) is 17.7 Å². The summed E-state index contributed by atoms with van der Waals surface area (Å²) in [4.78, 5) is 7.20. The number of benzene rings is 2.